The van der Waals surface area contributed by atoms with Crippen molar-refractivity contribution in [3.63, 3.8) is 0 Å². The van der Waals surface area contributed by atoms with Gasteiger partial charge in [0.25, 0.3) is 0 Å². The van der Waals surface area contributed by atoms with Gasteiger partial charge < -0.3 is 9.84 Å². The van der Waals surface area contributed by atoms with Crippen LogP contribution in [0, 0.1) is 6.92 Å². The molecular formula is C14H21NO3. The Hall–Kier alpha value is -1.55. The fraction of sp³-hybridized carbons (Fsp3) is 0.500. The summed E-state index contributed by atoms with van der Waals surface area (Å²) in [4.78, 5) is 12.6. The minimum absolute atomic E-state index is 0.124. The fourth-order valence-electron chi connectivity index (χ4n) is 1.88. The summed E-state index contributed by atoms with van der Waals surface area (Å²) >= 11 is 0. The van der Waals surface area contributed by atoms with Crippen LogP contribution in [-0.4, -0.2) is 36.7 Å². The van der Waals surface area contributed by atoms with Crippen molar-refractivity contribution in [3.8, 4) is 5.75 Å². The van der Waals surface area contributed by atoms with Crippen LogP contribution in [0.4, 0.5) is 0 Å². The number of ether oxygens (including phenoxy) is 1. The van der Waals surface area contributed by atoms with Crippen molar-refractivity contribution in [2.75, 3.05) is 20.7 Å². The van der Waals surface area contributed by atoms with E-state index in [2.05, 4.69) is 13.0 Å². The lowest BCUT2D eigenvalue weighted by Crippen LogP contribution is -2.25. The SMILES string of the molecule is COc1ccc(C)cc1C(C)N(C)CCC(=O)O. The van der Waals surface area contributed by atoms with E-state index < -0.39 is 5.97 Å². The molecule has 0 aromatic heterocycles. The van der Waals surface area contributed by atoms with Gasteiger partial charge in [-0.05, 0) is 27.0 Å². The van der Waals surface area contributed by atoms with E-state index in [0.717, 1.165) is 11.3 Å². The first-order chi connectivity index (χ1) is 8.45. The van der Waals surface area contributed by atoms with Crippen LogP contribution in [-0.2, 0) is 4.79 Å². The fourth-order valence-corrected chi connectivity index (χ4v) is 1.88. The van der Waals surface area contributed by atoms with Crippen LogP contribution in [0.1, 0.15) is 30.5 Å². The number of carboxylic acids is 1. The second kappa shape index (κ2) is 6.40. The van der Waals surface area contributed by atoms with E-state index in [4.69, 9.17) is 9.84 Å². The summed E-state index contributed by atoms with van der Waals surface area (Å²) in [5, 5.41) is 8.71. The molecule has 100 valence electrons. The largest absolute Gasteiger partial charge is 0.496 e. The van der Waals surface area contributed by atoms with E-state index in [9.17, 15) is 4.79 Å². The predicted octanol–water partition coefficient (Wildman–Crippen LogP) is 2.47. The highest BCUT2D eigenvalue weighted by Crippen LogP contribution is 2.29. The molecule has 0 spiro atoms. The Morgan fingerprint density at radius 1 is 1.50 bits per heavy atom. The molecule has 0 fully saturated rings. The molecule has 1 unspecified atom stereocenters. The Balaban J connectivity index is 2.84. The molecule has 0 aliphatic carbocycles. The van der Waals surface area contributed by atoms with Crippen molar-refractivity contribution in [2.45, 2.75) is 26.3 Å². The molecule has 0 aliphatic rings. The lowest BCUT2D eigenvalue weighted by Gasteiger charge is -2.26. The van der Waals surface area contributed by atoms with E-state index in [-0.39, 0.29) is 12.5 Å². The van der Waals surface area contributed by atoms with Crippen LogP contribution in [0.15, 0.2) is 18.2 Å². The number of aryl methyl sites for hydroxylation is 1. The summed E-state index contributed by atoms with van der Waals surface area (Å²) in [5.41, 5.74) is 2.26. The van der Waals surface area contributed by atoms with Gasteiger partial charge >= 0.3 is 5.97 Å². The smallest absolute Gasteiger partial charge is 0.304 e. The highest BCUT2D eigenvalue weighted by Gasteiger charge is 2.16. The van der Waals surface area contributed by atoms with Gasteiger partial charge in [-0.3, -0.25) is 9.69 Å². The molecule has 4 heteroatoms. The van der Waals surface area contributed by atoms with Gasteiger partial charge in [-0.2, -0.15) is 0 Å². The molecule has 1 atom stereocenters. The van der Waals surface area contributed by atoms with Crippen LogP contribution >= 0.6 is 0 Å². The molecule has 0 radical (unpaired) electrons. The van der Waals surface area contributed by atoms with Gasteiger partial charge in [0, 0.05) is 18.2 Å². The summed E-state index contributed by atoms with van der Waals surface area (Å²) in [6, 6.07) is 6.17. The molecule has 0 heterocycles. The van der Waals surface area contributed by atoms with E-state index in [1.54, 1.807) is 7.11 Å². The van der Waals surface area contributed by atoms with Crippen molar-refractivity contribution in [1.82, 2.24) is 4.90 Å². The molecule has 0 saturated carbocycles. The number of rotatable bonds is 6. The number of hydrogen-bond acceptors (Lipinski definition) is 3. The Labute approximate surface area is 108 Å². The quantitative estimate of drug-likeness (QED) is 0.843. The van der Waals surface area contributed by atoms with Gasteiger partial charge in [0.2, 0.25) is 0 Å². The van der Waals surface area contributed by atoms with Crippen molar-refractivity contribution >= 4 is 5.97 Å². The lowest BCUT2D eigenvalue weighted by molar-refractivity contribution is -0.137. The predicted molar refractivity (Wildman–Crippen MR) is 71.0 cm³/mol. The van der Waals surface area contributed by atoms with Crippen LogP contribution < -0.4 is 4.74 Å². The first-order valence-electron chi connectivity index (χ1n) is 6.02. The van der Waals surface area contributed by atoms with E-state index in [1.165, 1.54) is 5.56 Å². The molecule has 1 rings (SSSR count). The zero-order valence-electron chi connectivity index (χ0n) is 11.4. The summed E-state index contributed by atoms with van der Waals surface area (Å²) < 4.78 is 5.35. The number of aliphatic carboxylic acids is 1. The first-order valence-corrected chi connectivity index (χ1v) is 6.02. The molecule has 0 saturated heterocycles. The Bertz CT molecular complexity index is 418. The van der Waals surface area contributed by atoms with E-state index >= 15 is 0 Å². The van der Waals surface area contributed by atoms with Crippen LogP contribution in [0.25, 0.3) is 0 Å². The van der Waals surface area contributed by atoms with Gasteiger partial charge in [-0.1, -0.05) is 17.7 Å². The number of methoxy groups -OCH3 is 1. The molecule has 0 aliphatic heterocycles. The number of nitrogens with zero attached hydrogens (tertiary/aromatic N) is 1. The molecule has 0 bridgehead atoms. The number of hydrogen-bond donors (Lipinski definition) is 1. The monoisotopic (exact) mass is 251 g/mol. The minimum Gasteiger partial charge on any atom is -0.496 e. The second-order valence-electron chi connectivity index (χ2n) is 4.55. The molecule has 1 aromatic rings. The van der Waals surface area contributed by atoms with Gasteiger partial charge in [0.15, 0.2) is 0 Å². The average Bonchev–Trinajstić information content (AvgIpc) is 2.34. The molecule has 0 amide bonds. The standard InChI is InChI=1S/C14H21NO3/c1-10-5-6-13(18-4)12(9-10)11(2)15(3)8-7-14(16)17/h5-6,9,11H,7-8H2,1-4H3,(H,16,17). The Morgan fingerprint density at radius 2 is 2.17 bits per heavy atom. The maximum Gasteiger partial charge on any atom is 0.304 e. The number of benzene rings is 1. The topological polar surface area (TPSA) is 49.8 Å². The van der Waals surface area contributed by atoms with Crippen LogP contribution in [0.5, 0.6) is 5.75 Å². The molecule has 4 nitrogen and oxygen atoms in total. The molecular weight excluding hydrogens is 230 g/mol. The highest BCUT2D eigenvalue weighted by atomic mass is 16.5. The van der Waals surface area contributed by atoms with Crippen molar-refractivity contribution in [2.24, 2.45) is 0 Å². The van der Waals surface area contributed by atoms with Crippen LogP contribution in [0.2, 0.25) is 0 Å². The summed E-state index contributed by atoms with van der Waals surface area (Å²) in [6.45, 7) is 4.61. The normalized spacial score (nSPS) is 12.5. The zero-order valence-corrected chi connectivity index (χ0v) is 11.4. The van der Waals surface area contributed by atoms with Crippen molar-refractivity contribution in [3.05, 3.63) is 29.3 Å². The summed E-state index contributed by atoms with van der Waals surface area (Å²) in [6.07, 6.45) is 0.148. The number of carboxylic acid groups (broad SMARTS) is 1. The molecule has 1 aromatic carbocycles. The summed E-state index contributed by atoms with van der Waals surface area (Å²) in [5.74, 6) is 0.0699. The second-order valence-corrected chi connectivity index (χ2v) is 4.55. The van der Waals surface area contributed by atoms with Crippen LogP contribution in [0.3, 0.4) is 0 Å². The average molecular weight is 251 g/mol. The third-order valence-electron chi connectivity index (χ3n) is 3.17. The van der Waals surface area contributed by atoms with Gasteiger partial charge in [0.05, 0.1) is 13.5 Å². The van der Waals surface area contributed by atoms with Gasteiger partial charge in [-0.15, -0.1) is 0 Å². The zero-order chi connectivity index (χ0) is 13.7. The Morgan fingerprint density at radius 3 is 2.72 bits per heavy atom. The maximum atomic E-state index is 10.6. The summed E-state index contributed by atoms with van der Waals surface area (Å²) in [7, 11) is 3.58. The van der Waals surface area contributed by atoms with E-state index in [0.29, 0.717) is 6.54 Å². The highest BCUT2D eigenvalue weighted by molar-refractivity contribution is 5.66. The minimum atomic E-state index is -0.773. The van der Waals surface area contributed by atoms with E-state index in [1.807, 2.05) is 31.0 Å². The molecule has 1 N–H and O–H groups in total. The van der Waals surface area contributed by atoms with Crippen molar-refractivity contribution in [1.29, 1.82) is 0 Å². The lowest BCUT2D eigenvalue weighted by atomic mass is 10.0. The maximum absolute atomic E-state index is 10.6. The third kappa shape index (κ3) is 3.74. The Kier molecular flexibility index (Phi) is 5.16. The number of carbonyl (C=O) groups is 1. The van der Waals surface area contributed by atoms with Gasteiger partial charge in [0.1, 0.15) is 5.75 Å². The first kappa shape index (κ1) is 14.5. The van der Waals surface area contributed by atoms with Crippen molar-refractivity contribution < 1.29 is 14.6 Å². The third-order valence-corrected chi connectivity index (χ3v) is 3.17. The van der Waals surface area contributed by atoms with Gasteiger partial charge in [-0.25, -0.2) is 0 Å². The molecule has 18 heavy (non-hydrogen) atoms.